The molecule has 1 atom stereocenters. The number of carbonyl (C=O) groups excluding carboxylic acids is 1. The Kier molecular flexibility index (Phi) is 6.23. The number of carbonyl (C=O) groups is 1. The quantitative estimate of drug-likeness (QED) is 0.462. The Hall–Kier alpha value is -3.58. The number of rotatable bonds is 4. The van der Waals surface area contributed by atoms with Crippen molar-refractivity contribution in [2.24, 2.45) is 0 Å². The maximum absolute atomic E-state index is 14.1. The molecular formula is C28H29NO5S. The zero-order valence-corrected chi connectivity index (χ0v) is 21.3. The molecule has 3 aromatic rings. The molecule has 0 saturated heterocycles. The molecule has 7 heteroatoms. The predicted molar refractivity (Wildman–Crippen MR) is 137 cm³/mol. The summed E-state index contributed by atoms with van der Waals surface area (Å²) in [6.45, 7) is 8.97. The van der Waals surface area contributed by atoms with Gasteiger partial charge in [0.1, 0.15) is 23.0 Å². The number of aryl methyl sites for hydroxylation is 2. The van der Waals surface area contributed by atoms with E-state index < -0.39 is 27.6 Å². The van der Waals surface area contributed by atoms with Crippen LogP contribution in [0.3, 0.4) is 0 Å². The Balaban J connectivity index is 2.03. The van der Waals surface area contributed by atoms with Gasteiger partial charge in [0.05, 0.1) is 10.6 Å². The van der Waals surface area contributed by atoms with E-state index >= 15 is 0 Å². The summed E-state index contributed by atoms with van der Waals surface area (Å²) in [6.07, 6.45) is 0. The van der Waals surface area contributed by atoms with Gasteiger partial charge in [-0.3, -0.25) is 4.31 Å². The van der Waals surface area contributed by atoms with Crippen molar-refractivity contribution in [3.05, 3.63) is 101 Å². The lowest BCUT2D eigenvalue weighted by Crippen LogP contribution is -2.42. The fourth-order valence-electron chi connectivity index (χ4n) is 4.08. The molecule has 0 fully saturated rings. The molecule has 1 N–H and O–H groups in total. The van der Waals surface area contributed by atoms with Crippen LogP contribution in [0.1, 0.15) is 49.1 Å². The highest BCUT2D eigenvalue weighted by Gasteiger charge is 2.45. The maximum atomic E-state index is 14.1. The van der Waals surface area contributed by atoms with Crippen molar-refractivity contribution < 1.29 is 23.1 Å². The Morgan fingerprint density at radius 1 is 0.886 bits per heavy atom. The van der Waals surface area contributed by atoms with Crippen LogP contribution in [0.25, 0.3) is 5.76 Å². The Labute approximate surface area is 206 Å². The number of aliphatic hydroxyl groups excluding tert-OH is 1. The second-order valence-electron chi connectivity index (χ2n) is 9.71. The van der Waals surface area contributed by atoms with Crippen molar-refractivity contribution >= 4 is 27.4 Å². The molecule has 182 valence electrons. The molecule has 4 rings (SSSR count). The predicted octanol–water partition coefficient (Wildman–Crippen LogP) is 5.86. The molecule has 6 nitrogen and oxygen atoms in total. The first kappa shape index (κ1) is 24.5. The standard InChI is InChI=1S/C28H29NO5S/c1-18-10-14-20(15-11-18)25-24(27(31)34-28(3,4)5)26(30)22-8-6-7-9-23(22)29(25)35(32,33)21-16-12-19(2)13-17-21/h6-17,25,30H,1-5H3/t25-/m1/s1. The van der Waals surface area contributed by atoms with Gasteiger partial charge in [-0.25, -0.2) is 13.2 Å². The minimum absolute atomic E-state index is 0.0833. The number of para-hydroxylation sites is 1. The van der Waals surface area contributed by atoms with Crippen molar-refractivity contribution in [1.82, 2.24) is 0 Å². The first-order valence-corrected chi connectivity index (χ1v) is 12.8. The normalized spacial score (nSPS) is 16.1. The molecule has 3 aromatic carbocycles. The topological polar surface area (TPSA) is 83.9 Å². The molecule has 1 heterocycles. The summed E-state index contributed by atoms with van der Waals surface area (Å²) in [5.74, 6) is -1.07. The van der Waals surface area contributed by atoms with Crippen LogP contribution in [0.5, 0.6) is 0 Å². The van der Waals surface area contributed by atoms with Crippen LogP contribution in [0.2, 0.25) is 0 Å². The summed E-state index contributed by atoms with van der Waals surface area (Å²) in [5, 5.41) is 11.3. The molecular weight excluding hydrogens is 462 g/mol. The third-order valence-electron chi connectivity index (χ3n) is 5.75. The molecule has 1 aliphatic heterocycles. The van der Waals surface area contributed by atoms with Gasteiger partial charge in [0.25, 0.3) is 10.0 Å². The van der Waals surface area contributed by atoms with E-state index in [9.17, 15) is 18.3 Å². The van der Waals surface area contributed by atoms with Gasteiger partial charge in [-0.15, -0.1) is 0 Å². The molecule has 35 heavy (non-hydrogen) atoms. The smallest absolute Gasteiger partial charge is 0.340 e. The van der Waals surface area contributed by atoms with E-state index in [1.165, 1.54) is 4.31 Å². The van der Waals surface area contributed by atoms with Crippen molar-refractivity contribution in [1.29, 1.82) is 0 Å². The third kappa shape index (κ3) is 4.68. The summed E-state index contributed by atoms with van der Waals surface area (Å²) in [6, 6.07) is 19.2. The number of anilines is 1. The zero-order valence-electron chi connectivity index (χ0n) is 20.4. The highest BCUT2D eigenvalue weighted by Crippen LogP contribution is 2.47. The second kappa shape index (κ2) is 8.89. The number of benzene rings is 3. The highest BCUT2D eigenvalue weighted by molar-refractivity contribution is 7.92. The Bertz CT molecular complexity index is 1400. The molecule has 0 unspecified atom stereocenters. The molecule has 0 bridgehead atoms. The van der Waals surface area contributed by atoms with Gasteiger partial charge in [0.15, 0.2) is 0 Å². The summed E-state index contributed by atoms with van der Waals surface area (Å²) < 4.78 is 35.1. The number of aliphatic hydroxyl groups is 1. The Morgan fingerprint density at radius 2 is 1.43 bits per heavy atom. The molecule has 0 spiro atoms. The van der Waals surface area contributed by atoms with Gasteiger partial charge in [0.2, 0.25) is 0 Å². The average molecular weight is 492 g/mol. The number of esters is 1. The molecule has 1 aliphatic rings. The van der Waals surface area contributed by atoms with Gasteiger partial charge >= 0.3 is 5.97 Å². The number of nitrogens with zero attached hydrogens (tertiary/aromatic N) is 1. The van der Waals surface area contributed by atoms with E-state index in [2.05, 4.69) is 0 Å². The van der Waals surface area contributed by atoms with E-state index in [1.54, 1.807) is 81.4 Å². The van der Waals surface area contributed by atoms with E-state index in [0.29, 0.717) is 5.56 Å². The largest absolute Gasteiger partial charge is 0.507 e. The van der Waals surface area contributed by atoms with Crippen LogP contribution in [-0.2, 0) is 19.6 Å². The fourth-order valence-corrected chi connectivity index (χ4v) is 5.71. The minimum Gasteiger partial charge on any atom is -0.507 e. The van der Waals surface area contributed by atoms with Crippen molar-refractivity contribution in [2.45, 2.75) is 51.2 Å². The van der Waals surface area contributed by atoms with Crippen molar-refractivity contribution in [3.8, 4) is 0 Å². The van der Waals surface area contributed by atoms with Crippen molar-refractivity contribution in [2.75, 3.05) is 4.31 Å². The summed E-state index contributed by atoms with van der Waals surface area (Å²) in [4.78, 5) is 13.6. The van der Waals surface area contributed by atoms with Gasteiger partial charge < -0.3 is 9.84 Å². The average Bonchev–Trinajstić information content (AvgIpc) is 2.78. The molecule has 0 amide bonds. The summed E-state index contributed by atoms with van der Waals surface area (Å²) in [7, 11) is -4.15. The summed E-state index contributed by atoms with van der Waals surface area (Å²) >= 11 is 0. The van der Waals surface area contributed by atoms with Crippen LogP contribution in [-0.4, -0.2) is 25.1 Å². The number of hydrogen-bond donors (Lipinski definition) is 1. The number of fused-ring (bicyclic) bond motifs is 1. The van der Waals surface area contributed by atoms with Gasteiger partial charge in [-0.2, -0.15) is 0 Å². The lowest BCUT2D eigenvalue weighted by Gasteiger charge is -2.39. The van der Waals surface area contributed by atoms with E-state index in [0.717, 1.165) is 11.1 Å². The third-order valence-corrected chi connectivity index (χ3v) is 7.54. The maximum Gasteiger partial charge on any atom is 0.340 e. The van der Waals surface area contributed by atoms with E-state index in [4.69, 9.17) is 4.74 Å². The van der Waals surface area contributed by atoms with Crippen LogP contribution < -0.4 is 4.31 Å². The fraction of sp³-hybridized carbons (Fsp3) is 0.250. The molecule has 0 aromatic heterocycles. The lowest BCUT2D eigenvalue weighted by molar-refractivity contribution is -0.150. The highest BCUT2D eigenvalue weighted by atomic mass is 32.2. The molecule has 0 aliphatic carbocycles. The lowest BCUT2D eigenvalue weighted by atomic mass is 9.90. The van der Waals surface area contributed by atoms with E-state index in [1.807, 2.05) is 26.0 Å². The Morgan fingerprint density at radius 3 is 2.00 bits per heavy atom. The van der Waals surface area contributed by atoms with Gasteiger partial charge in [-0.1, -0.05) is 59.7 Å². The first-order chi connectivity index (χ1) is 16.4. The summed E-state index contributed by atoms with van der Waals surface area (Å²) in [5.41, 5.74) is 1.98. The molecule has 0 saturated carbocycles. The van der Waals surface area contributed by atoms with E-state index in [-0.39, 0.29) is 27.5 Å². The van der Waals surface area contributed by atoms with Crippen molar-refractivity contribution in [3.63, 3.8) is 0 Å². The van der Waals surface area contributed by atoms with Crippen LogP contribution in [0.4, 0.5) is 5.69 Å². The minimum atomic E-state index is -4.15. The van der Waals surface area contributed by atoms with Crippen LogP contribution in [0, 0.1) is 13.8 Å². The monoisotopic (exact) mass is 491 g/mol. The number of ether oxygens (including phenoxy) is 1. The SMILES string of the molecule is Cc1ccc([C@@H]2C(C(=O)OC(C)(C)C)=C(O)c3ccccc3N2S(=O)(=O)c2ccc(C)cc2)cc1. The van der Waals surface area contributed by atoms with Crippen LogP contribution >= 0.6 is 0 Å². The number of sulfonamides is 1. The second-order valence-corrected chi connectivity index (χ2v) is 11.5. The van der Waals surface area contributed by atoms with Gasteiger partial charge in [0, 0.05) is 5.56 Å². The number of hydrogen-bond acceptors (Lipinski definition) is 5. The first-order valence-electron chi connectivity index (χ1n) is 11.3. The zero-order chi connectivity index (χ0) is 25.5. The van der Waals surface area contributed by atoms with Gasteiger partial charge in [-0.05, 0) is 64.4 Å². The van der Waals surface area contributed by atoms with Crippen LogP contribution in [0.15, 0.2) is 83.3 Å². The molecule has 0 radical (unpaired) electrons.